The third kappa shape index (κ3) is 4.61. The van der Waals surface area contributed by atoms with Crippen LogP contribution in [0.2, 0.25) is 0 Å². The fourth-order valence-electron chi connectivity index (χ4n) is 4.47. The van der Waals surface area contributed by atoms with Gasteiger partial charge in [0, 0.05) is 12.2 Å². The lowest BCUT2D eigenvalue weighted by Gasteiger charge is -2.43. The summed E-state index contributed by atoms with van der Waals surface area (Å²) in [7, 11) is -4.43. The van der Waals surface area contributed by atoms with Crippen molar-refractivity contribution in [2.45, 2.75) is 36.9 Å². The monoisotopic (exact) mass is 546 g/mol. The lowest BCUT2D eigenvalue weighted by molar-refractivity contribution is -0.137. The van der Waals surface area contributed by atoms with E-state index in [9.17, 15) is 31.2 Å². The topological polar surface area (TPSA) is 142 Å². The molecule has 1 saturated heterocycles. The van der Waals surface area contributed by atoms with Crippen molar-refractivity contribution in [1.29, 1.82) is 5.26 Å². The highest BCUT2D eigenvalue weighted by Gasteiger charge is 2.48. The minimum atomic E-state index is -4.69. The SMILES string of the molecule is CCN1C(=O)C(c2c(S(N)(=O)=O)cnn2-c2ccc(C#N)cc2)C(C)N(c2cccc(C(F)(F)F)c2)C1=O. The number of nitrogens with zero attached hydrogens (tertiary/aromatic N) is 5. The number of halogens is 3. The molecule has 1 aliphatic heterocycles. The Bertz CT molecular complexity index is 1560. The first-order chi connectivity index (χ1) is 17.8. The van der Waals surface area contributed by atoms with E-state index in [-0.39, 0.29) is 17.9 Å². The molecule has 2 atom stereocenters. The molecular weight excluding hydrogens is 525 g/mol. The molecule has 14 heteroatoms. The van der Waals surface area contributed by atoms with Gasteiger partial charge in [-0.15, -0.1) is 0 Å². The smallest absolute Gasteiger partial charge is 0.290 e. The van der Waals surface area contributed by atoms with Crippen LogP contribution in [0.1, 0.15) is 36.6 Å². The third-order valence-electron chi connectivity index (χ3n) is 6.24. The first-order valence-corrected chi connectivity index (χ1v) is 12.8. The van der Waals surface area contributed by atoms with E-state index < -0.39 is 50.6 Å². The number of primary sulfonamides is 1. The lowest BCUT2D eigenvalue weighted by Crippen LogP contribution is -2.60. The number of likely N-dealkylation sites (N-methyl/N-ethyl adjacent to an activating group) is 1. The van der Waals surface area contributed by atoms with Crippen molar-refractivity contribution in [3.05, 3.63) is 71.5 Å². The molecule has 0 bridgehead atoms. The number of hydrogen-bond donors (Lipinski definition) is 1. The highest BCUT2D eigenvalue weighted by molar-refractivity contribution is 7.89. The van der Waals surface area contributed by atoms with Gasteiger partial charge < -0.3 is 0 Å². The van der Waals surface area contributed by atoms with E-state index in [0.717, 1.165) is 38.9 Å². The second kappa shape index (κ2) is 9.58. The first-order valence-electron chi connectivity index (χ1n) is 11.2. The molecule has 3 aromatic rings. The Morgan fingerprint density at radius 1 is 1.11 bits per heavy atom. The van der Waals surface area contributed by atoms with E-state index in [1.807, 2.05) is 6.07 Å². The maximum absolute atomic E-state index is 13.6. The molecule has 4 rings (SSSR count). The lowest BCUT2D eigenvalue weighted by atomic mass is 9.91. The summed E-state index contributed by atoms with van der Waals surface area (Å²) in [5.41, 5.74) is -0.693. The van der Waals surface area contributed by atoms with E-state index in [0.29, 0.717) is 11.3 Å². The minimum Gasteiger partial charge on any atom is -0.290 e. The molecule has 0 radical (unpaired) electrons. The maximum atomic E-state index is 13.6. The number of rotatable bonds is 5. The Balaban J connectivity index is 1.94. The summed E-state index contributed by atoms with van der Waals surface area (Å²) in [5.74, 6) is -2.15. The Morgan fingerprint density at radius 3 is 2.32 bits per heavy atom. The number of benzene rings is 2. The van der Waals surface area contributed by atoms with Gasteiger partial charge in [-0.1, -0.05) is 6.07 Å². The van der Waals surface area contributed by atoms with Crippen molar-refractivity contribution in [2.75, 3.05) is 11.4 Å². The predicted octanol–water partition coefficient (Wildman–Crippen LogP) is 3.37. The van der Waals surface area contributed by atoms with Gasteiger partial charge in [-0.25, -0.2) is 23.0 Å². The number of amides is 3. The van der Waals surface area contributed by atoms with Crippen LogP contribution in [0.5, 0.6) is 0 Å². The Hall–Kier alpha value is -4.22. The molecule has 38 heavy (non-hydrogen) atoms. The van der Waals surface area contributed by atoms with E-state index in [2.05, 4.69) is 5.10 Å². The van der Waals surface area contributed by atoms with Crippen LogP contribution < -0.4 is 10.0 Å². The number of carbonyl (C=O) groups excluding carboxylic acids is 2. The molecule has 0 aliphatic carbocycles. The van der Waals surface area contributed by atoms with Gasteiger partial charge >= 0.3 is 12.2 Å². The van der Waals surface area contributed by atoms with Gasteiger partial charge in [0.2, 0.25) is 15.9 Å². The number of sulfonamides is 1. The number of imide groups is 1. The highest BCUT2D eigenvalue weighted by atomic mass is 32.2. The molecule has 2 unspecified atom stereocenters. The van der Waals surface area contributed by atoms with Crippen LogP contribution in [0.4, 0.5) is 23.7 Å². The van der Waals surface area contributed by atoms with Crippen LogP contribution >= 0.6 is 0 Å². The molecule has 1 aromatic heterocycles. The number of hydrogen-bond acceptors (Lipinski definition) is 6. The zero-order chi connectivity index (χ0) is 28.0. The fraction of sp³-hybridized carbons (Fsp3) is 0.250. The van der Waals surface area contributed by atoms with Crippen LogP contribution in [0.15, 0.2) is 59.6 Å². The second-order valence-electron chi connectivity index (χ2n) is 8.51. The molecule has 0 spiro atoms. The summed E-state index contributed by atoms with van der Waals surface area (Å²) in [6, 6.07) is 9.89. The Kier molecular flexibility index (Phi) is 6.77. The number of nitriles is 1. The van der Waals surface area contributed by atoms with Crippen LogP contribution in [-0.2, 0) is 21.0 Å². The molecule has 3 amide bonds. The summed E-state index contributed by atoms with van der Waals surface area (Å²) >= 11 is 0. The van der Waals surface area contributed by atoms with Gasteiger partial charge in [0.25, 0.3) is 0 Å². The summed E-state index contributed by atoms with van der Waals surface area (Å²) in [6.45, 7) is 2.80. The summed E-state index contributed by atoms with van der Waals surface area (Å²) in [5, 5.41) is 18.7. The first kappa shape index (κ1) is 26.8. The fourth-order valence-corrected chi connectivity index (χ4v) is 5.17. The molecule has 198 valence electrons. The zero-order valence-corrected chi connectivity index (χ0v) is 20.9. The molecule has 2 aromatic carbocycles. The molecule has 2 heterocycles. The normalized spacial score (nSPS) is 18.6. The van der Waals surface area contributed by atoms with Crippen molar-refractivity contribution in [3.8, 4) is 11.8 Å². The Labute approximate surface area is 215 Å². The average molecular weight is 547 g/mol. The number of nitrogens with two attached hydrogens (primary N) is 1. The van der Waals surface area contributed by atoms with Crippen LogP contribution in [0.25, 0.3) is 5.69 Å². The molecule has 2 N–H and O–H groups in total. The molecule has 0 saturated carbocycles. The number of urea groups is 1. The van der Waals surface area contributed by atoms with Crippen molar-refractivity contribution in [1.82, 2.24) is 14.7 Å². The van der Waals surface area contributed by atoms with E-state index in [4.69, 9.17) is 10.4 Å². The van der Waals surface area contributed by atoms with Gasteiger partial charge in [0.1, 0.15) is 10.8 Å². The molecule has 10 nitrogen and oxygen atoms in total. The van der Waals surface area contributed by atoms with E-state index in [1.54, 1.807) is 0 Å². The molecule has 1 aliphatic rings. The van der Waals surface area contributed by atoms with Crippen LogP contribution in [0, 0.1) is 11.3 Å². The van der Waals surface area contributed by atoms with Gasteiger partial charge in [-0.05, 0) is 56.3 Å². The largest absolute Gasteiger partial charge is 0.416 e. The highest BCUT2D eigenvalue weighted by Crippen LogP contribution is 2.39. The van der Waals surface area contributed by atoms with Gasteiger partial charge in [-0.3, -0.25) is 14.6 Å². The van der Waals surface area contributed by atoms with Crippen molar-refractivity contribution in [3.63, 3.8) is 0 Å². The number of carbonyl (C=O) groups is 2. The number of alkyl halides is 3. The van der Waals surface area contributed by atoms with Crippen molar-refractivity contribution in [2.24, 2.45) is 5.14 Å². The van der Waals surface area contributed by atoms with Crippen LogP contribution in [0.3, 0.4) is 0 Å². The second-order valence-corrected chi connectivity index (χ2v) is 10.0. The van der Waals surface area contributed by atoms with E-state index in [1.165, 1.54) is 44.2 Å². The molecule has 1 fully saturated rings. The third-order valence-corrected chi connectivity index (χ3v) is 7.17. The number of anilines is 1. The average Bonchev–Trinajstić information content (AvgIpc) is 3.29. The van der Waals surface area contributed by atoms with Gasteiger partial charge in [0.15, 0.2) is 0 Å². The predicted molar refractivity (Wildman–Crippen MR) is 129 cm³/mol. The summed E-state index contributed by atoms with van der Waals surface area (Å²) in [6.07, 6.45) is -3.73. The summed E-state index contributed by atoms with van der Waals surface area (Å²) in [4.78, 5) is 28.3. The Morgan fingerprint density at radius 2 is 1.76 bits per heavy atom. The molecular formula is C24H21F3N6O4S. The number of aromatic nitrogens is 2. The zero-order valence-electron chi connectivity index (χ0n) is 20.0. The summed E-state index contributed by atoms with van der Waals surface area (Å²) < 4.78 is 66.5. The van der Waals surface area contributed by atoms with E-state index >= 15 is 0 Å². The standard InChI is InChI=1S/C24H21F3N6O4S/c1-3-31-22(34)20(14(2)32(23(31)35)18-6-4-5-16(11-18)24(25,26)27)21-19(38(29,36)37)13-30-33(21)17-9-7-15(12-28)8-10-17/h4-11,13-14,20H,3H2,1-2H3,(H2,29,36,37). The minimum absolute atomic E-state index is 0.130. The quantitative estimate of drug-likeness (QED) is 0.520. The van der Waals surface area contributed by atoms with Crippen LogP contribution in [-0.4, -0.2) is 47.6 Å². The van der Waals surface area contributed by atoms with Crippen molar-refractivity contribution >= 4 is 27.6 Å². The maximum Gasteiger partial charge on any atom is 0.416 e. The van der Waals surface area contributed by atoms with Gasteiger partial charge in [0.05, 0.1) is 40.8 Å². The van der Waals surface area contributed by atoms with Crippen molar-refractivity contribution < 1.29 is 31.2 Å². The van der Waals surface area contributed by atoms with Gasteiger partial charge in [-0.2, -0.15) is 23.5 Å².